The van der Waals surface area contributed by atoms with E-state index in [2.05, 4.69) is 10.3 Å². The molecule has 0 saturated carbocycles. The van der Waals surface area contributed by atoms with Crippen LogP contribution in [-0.4, -0.2) is 15.5 Å². The van der Waals surface area contributed by atoms with Gasteiger partial charge in [-0.1, -0.05) is 19.1 Å². The average Bonchev–Trinajstić information content (AvgIpc) is 3.02. The van der Waals surface area contributed by atoms with Crippen molar-refractivity contribution in [3.8, 4) is 0 Å². The van der Waals surface area contributed by atoms with Crippen LogP contribution in [0, 0.1) is 5.82 Å². The van der Waals surface area contributed by atoms with Crippen LogP contribution in [0.3, 0.4) is 0 Å². The van der Waals surface area contributed by atoms with Gasteiger partial charge in [0, 0.05) is 4.88 Å². The number of rotatable bonds is 5. The van der Waals surface area contributed by atoms with Crippen LogP contribution in [-0.2, 0) is 17.8 Å². The topological polar surface area (TPSA) is 64.0 Å². The van der Waals surface area contributed by atoms with Crippen molar-refractivity contribution >= 4 is 27.5 Å². The maximum Gasteiger partial charge on any atom is 0.262 e. The van der Waals surface area contributed by atoms with Gasteiger partial charge in [0.1, 0.15) is 17.2 Å². The van der Waals surface area contributed by atoms with Crippen LogP contribution in [0.4, 0.5) is 4.39 Å². The summed E-state index contributed by atoms with van der Waals surface area (Å²) in [6.45, 7) is 3.72. The maximum atomic E-state index is 13.0. The molecule has 0 fully saturated rings. The predicted octanol–water partition coefficient (Wildman–Crippen LogP) is 3.04. The van der Waals surface area contributed by atoms with Crippen molar-refractivity contribution in [1.29, 1.82) is 0 Å². The summed E-state index contributed by atoms with van der Waals surface area (Å²) < 4.78 is 14.3. The number of fused-ring (bicyclic) bond motifs is 1. The van der Waals surface area contributed by atoms with Gasteiger partial charge in [0.05, 0.1) is 17.8 Å². The molecule has 1 amide bonds. The van der Waals surface area contributed by atoms with Crippen molar-refractivity contribution in [3.63, 3.8) is 0 Å². The summed E-state index contributed by atoms with van der Waals surface area (Å²) in [6, 6.07) is 7.50. The Morgan fingerprint density at radius 2 is 2.08 bits per heavy atom. The van der Waals surface area contributed by atoms with E-state index in [-0.39, 0.29) is 29.9 Å². The van der Waals surface area contributed by atoms with E-state index in [0.717, 1.165) is 16.9 Å². The number of thiophene rings is 1. The van der Waals surface area contributed by atoms with E-state index < -0.39 is 0 Å². The molecule has 2 aromatic heterocycles. The minimum atomic E-state index is -0.324. The lowest BCUT2D eigenvalue weighted by atomic mass is 10.1. The number of aryl methyl sites for hydroxylation is 1. The highest BCUT2D eigenvalue weighted by Gasteiger charge is 2.13. The average molecular weight is 359 g/mol. The Bertz CT molecular complexity index is 963. The summed E-state index contributed by atoms with van der Waals surface area (Å²) in [5, 5.41) is 3.35. The zero-order chi connectivity index (χ0) is 18.0. The molecule has 0 saturated heterocycles. The van der Waals surface area contributed by atoms with E-state index in [9.17, 15) is 14.0 Å². The van der Waals surface area contributed by atoms with Crippen LogP contribution >= 0.6 is 11.3 Å². The molecule has 0 aliphatic heterocycles. The second kappa shape index (κ2) is 7.14. The van der Waals surface area contributed by atoms with E-state index >= 15 is 0 Å². The van der Waals surface area contributed by atoms with E-state index in [0.29, 0.717) is 10.2 Å². The molecular weight excluding hydrogens is 341 g/mol. The Labute approximate surface area is 148 Å². The van der Waals surface area contributed by atoms with Gasteiger partial charge in [-0.2, -0.15) is 0 Å². The zero-order valence-corrected chi connectivity index (χ0v) is 14.8. The Hall–Kier alpha value is -2.54. The van der Waals surface area contributed by atoms with Crippen LogP contribution in [0.5, 0.6) is 0 Å². The molecule has 1 aromatic carbocycles. The molecule has 0 spiro atoms. The number of carbonyl (C=O) groups is 1. The number of carbonyl (C=O) groups excluding carboxylic acids is 1. The number of nitrogens with zero attached hydrogens (tertiary/aromatic N) is 2. The SMILES string of the molecule is CCc1cc2c(=O)n(CC(=O)N[C@H](C)c3ccc(F)cc3)cnc2s1. The summed E-state index contributed by atoms with van der Waals surface area (Å²) in [7, 11) is 0. The van der Waals surface area contributed by atoms with Gasteiger partial charge in [0.25, 0.3) is 5.56 Å². The van der Waals surface area contributed by atoms with E-state index in [1.54, 1.807) is 12.1 Å². The molecule has 0 aliphatic carbocycles. The first-order chi connectivity index (χ1) is 12.0. The lowest BCUT2D eigenvalue weighted by molar-refractivity contribution is -0.122. The highest BCUT2D eigenvalue weighted by Crippen LogP contribution is 2.21. The molecule has 1 atom stereocenters. The number of hydrogen-bond acceptors (Lipinski definition) is 4. The minimum absolute atomic E-state index is 0.107. The number of amides is 1. The zero-order valence-electron chi connectivity index (χ0n) is 14.0. The molecule has 0 radical (unpaired) electrons. The maximum absolute atomic E-state index is 13.0. The summed E-state index contributed by atoms with van der Waals surface area (Å²) in [5.74, 6) is -0.624. The largest absolute Gasteiger partial charge is 0.348 e. The second-order valence-electron chi connectivity index (χ2n) is 5.80. The third kappa shape index (κ3) is 3.76. The van der Waals surface area contributed by atoms with Crippen molar-refractivity contribution in [2.75, 3.05) is 0 Å². The summed E-state index contributed by atoms with van der Waals surface area (Å²) in [4.78, 5) is 30.8. The molecule has 3 aromatic rings. The Morgan fingerprint density at radius 3 is 2.76 bits per heavy atom. The molecule has 3 rings (SSSR count). The third-order valence-electron chi connectivity index (χ3n) is 3.98. The number of nitrogens with one attached hydrogen (secondary N) is 1. The minimum Gasteiger partial charge on any atom is -0.348 e. The van der Waals surface area contributed by atoms with Gasteiger partial charge in [-0.05, 0) is 37.1 Å². The molecule has 2 heterocycles. The smallest absolute Gasteiger partial charge is 0.262 e. The fourth-order valence-electron chi connectivity index (χ4n) is 2.57. The van der Waals surface area contributed by atoms with Crippen LogP contribution in [0.2, 0.25) is 0 Å². The van der Waals surface area contributed by atoms with Crippen molar-refractivity contribution < 1.29 is 9.18 Å². The molecule has 0 unspecified atom stereocenters. The molecular formula is C18H18FN3O2S. The highest BCUT2D eigenvalue weighted by atomic mass is 32.1. The van der Waals surface area contributed by atoms with Gasteiger partial charge < -0.3 is 5.32 Å². The van der Waals surface area contributed by atoms with Crippen LogP contribution < -0.4 is 10.9 Å². The molecule has 130 valence electrons. The van der Waals surface area contributed by atoms with Gasteiger partial charge in [-0.25, -0.2) is 9.37 Å². The van der Waals surface area contributed by atoms with Crippen LogP contribution in [0.25, 0.3) is 10.2 Å². The summed E-state index contributed by atoms with van der Waals surface area (Å²) in [6.07, 6.45) is 2.25. The first-order valence-electron chi connectivity index (χ1n) is 8.00. The third-order valence-corrected chi connectivity index (χ3v) is 5.17. The van der Waals surface area contributed by atoms with Crippen molar-refractivity contribution in [2.45, 2.75) is 32.9 Å². The number of halogens is 1. The lowest BCUT2D eigenvalue weighted by Crippen LogP contribution is -2.33. The summed E-state index contributed by atoms with van der Waals surface area (Å²) >= 11 is 1.49. The Kier molecular flexibility index (Phi) is 4.94. The van der Waals surface area contributed by atoms with E-state index in [1.807, 2.05) is 19.9 Å². The molecule has 5 nitrogen and oxygen atoms in total. The second-order valence-corrected chi connectivity index (χ2v) is 6.92. The Morgan fingerprint density at radius 1 is 1.36 bits per heavy atom. The molecule has 0 aliphatic rings. The number of hydrogen-bond donors (Lipinski definition) is 1. The van der Waals surface area contributed by atoms with Crippen molar-refractivity contribution in [3.05, 3.63) is 63.3 Å². The standard InChI is InChI=1S/C18H18FN3O2S/c1-3-14-8-15-17(25-14)20-10-22(18(15)24)9-16(23)21-11(2)12-4-6-13(19)7-5-12/h4-8,10-11H,3,9H2,1-2H3,(H,21,23)/t11-/m1/s1. The lowest BCUT2D eigenvalue weighted by Gasteiger charge is -2.14. The molecule has 25 heavy (non-hydrogen) atoms. The fourth-order valence-corrected chi connectivity index (χ4v) is 3.50. The predicted molar refractivity (Wildman–Crippen MR) is 96.2 cm³/mol. The first-order valence-corrected chi connectivity index (χ1v) is 8.82. The monoisotopic (exact) mass is 359 g/mol. The molecule has 1 N–H and O–H groups in total. The Balaban J connectivity index is 1.74. The first kappa shape index (κ1) is 17.3. The van der Waals surface area contributed by atoms with Gasteiger partial charge in [-0.3, -0.25) is 14.2 Å². The summed E-state index contributed by atoms with van der Waals surface area (Å²) in [5.41, 5.74) is 0.576. The number of benzene rings is 1. The number of aromatic nitrogens is 2. The molecule has 0 bridgehead atoms. The van der Waals surface area contributed by atoms with Crippen molar-refractivity contribution in [2.24, 2.45) is 0 Å². The highest BCUT2D eigenvalue weighted by molar-refractivity contribution is 7.18. The van der Waals surface area contributed by atoms with Crippen LogP contribution in [0.15, 0.2) is 41.5 Å². The van der Waals surface area contributed by atoms with Crippen molar-refractivity contribution in [1.82, 2.24) is 14.9 Å². The quantitative estimate of drug-likeness (QED) is 0.762. The molecule has 7 heteroatoms. The van der Waals surface area contributed by atoms with Gasteiger partial charge in [0.15, 0.2) is 0 Å². The van der Waals surface area contributed by atoms with Crippen LogP contribution in [0.1, 0.15) is 30.3 Å². The van der Waals surface area contributed by atoms with E-state index in [4.69, 9.17) is 0 Å². The normalized spacial score (nSPS) is 12.3. The van der Waals surface area contributed by atoms with Gasteiger partial charge in [-0.15, -0.1) is 11.3 Å². The van der Waals surface area contributed by atoms with E-state index in [1.165, 1.54) is 34.4 Å². The fraction of sp³-hybridized carbons (Fsp3) is 0.278. The van der Waals surface area contributed by atoms with Gasteiger partial charge >= 0.3 is 0 Å². The van der Waals surface area contributed by atoms with Gasteiger partial charge in [0.2, 0.25) is 5.91 Å².